The number of aliphatic imine (C=N–C) groups is 2. The molecule has 0 saturated carbocycles. The Balaban J connectivity index is 2.35. The van der Waals surface area contributed by atoms with Gasteiger partial charge in [-0.2, -0.15) is 0 Å². The molecule has 0 aliphatic carbocycles. The zero-order valence-corrected chi connectivity index (χ0v) is 15.9. The molecule has 2 rings (SSSR count). The molecule has 138 valence electrons. The fourth-order valence-corrected chi connectivity index (χ4v) is 2.50. The number of amides is 1. The molecule has 3 N–H and O–H groups in total. The van der Waals surface area contributed by atoms with E-state index >= 15 is 0 Å². The highest BCUT2D eigenvalue weighted by Crippen LogP contribution is 2.17. The molecule has 0 radical (unpaired) electrons. The predicted molar refractivity (Wildman–Crippen MR) is 108 cm³/mol. The van der Waals surface area contributed by atoms with Gasteiger partial charge in [-0.3, -0.25) is 14.7 Å². The number of nitrogens with one attached hydrogen (secondary N) is 1. The Morgan fingerprint density at radius 1 is 1.35 bits per heavy atom. The van der Waals surface area contributed by atoms with Crippen molar-refractivity contribution < 1.29 is 4.79 Å². The van der Waals surface area contributed by atoms with Gasteiger partial charge < -0.3 is 11.1 Å². The average molecular weight is 353 g/mol. The highest BCUT2D eigenvalue weighted by Gasteiger charge is 2.34. The summed E-state index contributed by atoms with van der Waals surface area (Å²) < 4.78 is 0. The van der Waals surface area contributed by atoms with Crippen molar-refractivity contribution in [2.45, 2.75) is 46.7 Å². The van der Waals surface area contributed by atoms with Gasteiger partial charge in [0.2, 0.25) is 0 Å². The summed E-state index contributed by atoms with van der Waals surface area (Å²) in [5.41, 5.74) is 8.87. The molecule has 1 aliphatic rings. The van der Waals surface area contributed by atoms with Crippen LogP contribution in [-0.4, -0.2) is 28.5 Å². The maximum absolute atomic E-state index is 13.0. The van der Waals surface area contributed by atoms with E-state index in [1.807, 2.05) is 58.0 Å². The van der Waals surface area contributed by atoms with E-state index < -0.39 is 0 Å². The second-order valence-electron chi connectivity index (χ2n) is 6.36. The molecule has 0 unspecified atom stereocenters. The summed E-state index contributed by atoms with van der Waals surface area (Å²) in [5.74, 6) is 0.708. The Hall–Kier alpha value is -2.89. The Morgan fingerprint density at radius 2 is 2.00 bits per heavy atom. The molecule has 1 amide bonds. The van der Waals surface area contributed by atoms with Crippen LogP contribution in [-0.2, 0) is 11.3 Å². The number of benzene rings is 1. The number of carbonyl (C=O) groups is 1. The number of nitrogens with zero attached hydrogens (tertiary/aromatic N) is 3. The van der Waals surface area contributed by atoms with Gasteiger partial charge in [0.05, 0.1) is 12.2 Å². The highest BCUT2D eigenvalue weighted by molar-refractivity contribution is 6.44. The van der Waals surface area contributed by atoms with E-state index in [9.17, 15) is 4.79 Å². The number of rotatable bonds is 5. The number of hydrogen-bond donors (Lipinski definition) is 2. The van der Waals surface area contributed by atoms with Crippen LogP contribution in [0.2, 0.25) is 0 Å². The van der Waals surface area contributed by atoms with Crippen molar-refractivity contribution in [1.82, 2.24) is 10.2 Å². The Bertz CT molecular complexity index is 772. The smallest absolute Gasteiger partial charge is 0.295 e. The zero-order valence-electron chi connectivity index (χ0n) is 15.9. The summed E-state index contributed by atoms with van der Waals surface area (Å²) in [6, 6.07) is 7.41. The normalized spacial score (nSPS) is 19.5. The lowest BCUT2D eigenvalue weighted by atomic mass is 10.1. The minimum absolute atomic E-state index is 0.0512. The molecule has 1 fully saturated rings. The van der Waals surface area contributed by atoms with Crippen molar-refractivity contribution in [2.75, 3.05) is 5.73 Å². The van der Waals surface area contributed by atoms with E-state index in [0.717, 1.165) is 23.4 Å². The lowest BCUT2D eigenvalue weighted by Crippen LogP contribution is -2.56. The first-order chi connectivity index (χ1) is 12.4. The number of allylic oxidation sites excluding steroid dienone is 2. The van der Waals surface area contributed by atoms with E-state index in [0.29, 0.717) is 23.9 Å². The number of piperazine rings is 1. The number of carbonyl (C=O) groups excluding carboxylic acids is 1. The second kappa shape index (κ2) is 8.47. The van der Waals surface area contributed by atoms with E-state index in [1.165, 1.54) is 0 Å². The molecule has 6 nitrogen and oxygen atoms in total. The van der Waals surface area contributed by atoms with Crippen LogP contribution >= 0.6 is 0 Å². The van der Waals surface area contributed by atoms with Gasteiger partial charge in [-0.25, -0.2) is 4.99 Å². The number of nitrogen functional groups attached to an aromatic ring is 1. The predicted octanol–water partition coefficient (Wildman–Crippen LogP) is 3.23. The van der Waals surface area contributed by atoms with Crippen molar-refractivity contribution >= 4 is 23.3 Å². The standard InChI is InChI=1S/C20H27N5O/c1-6-14(5)23-19-17(7-2)24-18(20(26)25(19)13(3)4)22-12-15-8-10-16(21)11-9-15/h7-11,13H,5-6,12,21H2,1-4H3,(H,22,24)/b17-7+,23-19?. The van der Waals surface area contributed by atoms with Gasteiger partial charge in [-0.1, -0.05) is 31.7 Å². The molecule has 0 bridgehead atoms. The van der Waals surface area contributed by atoms with Crippen LogP contribution in [0, 0.1) is 0 Å². The van der Waals surface area contributed by atoms with Crippen molar-refractivity contribution in [2.24, 2.45) is 9.98 Å². The molecule has 0 aromatic heterocycles. The molecule has 6 heteroatoms. The Labute approximate surface area is 155 Å². The maximum Gasteiger partial charge on any atom is 0.295 e. The summed E-state index contributed by atoms with van der Waals surface area (Å²) in [6.07, 6.45) is 2.61. The molecule has 1 aliphatic heterocycles. The summed E-state index contributed by atoms with van der Waals surface area (Å²) >= 11 is 0. The summed E-state index contributed by atoms with van der Waals surface area (Å²) in [6.45, 7) is 12.1. The van der Waals surface area contributed by atoms with Gasteiger partial charge in [-0.15, -0.1) is 0 Å². The highest BCUT2D eigenvalue weighted by atomic mass is 16.2. The second-order valence-corrected chi connectivity index (χ2v) is 6.36. The summed E-state index contributed by atoms with van der Waals surface area (Å²) in [7, 11) is 0. The SMILES string of the molecule is C=C(CC)N=C1/C(=C\C)NC(=NCc2ccc(N)cc2)C(=O)N1C(C)C. The van der Waals surface area contributed by atoms with Gasteiger partial charge in [0.15, 0.2) is 11.7 Å². The molecule has 1 aromatic rings. The van der Waals surface area contributed by atoms with Crippen LogP contribution in [0.4, 0.5) is 5.69 Å². The summed E-state index contributed by atoms with van der Waals surface area (Å²) in [4.78, 5) is 23.7. The quantitative estimate of drug-likeness (QED) is 0.797. The number of amidine groups is 2. The Morgan fingerprint density at radius 3 is 2.54 bits per heavy atom. The van der Waals surface area contributed by atoms with Crippen molar-refractivity contribution in [3.8, 4) is 0 Å². The first kappa shape index (κ1) is 19.4. The Kier molecular flexibility index (Phi) is 6.33. The largest absolute Gasteiger partial charge is 0.399 e. The van der Waals surface area contributed by atoms with Crippen LogP contribution in [0.25, 0.3) is 0 Å². The third-order valence-electron chi connectivity index (χ3n) is 4.02. The van der Waals surface area contributed by atoms with Gasteiger partial charge in [0.1, 0.15) is 0 Å². The average Bonchev–Trinajstić information content (AvgIpc) is 2.62. The monoisotopic (exact) mass is 353 g/mol. The first-order valence-corrected chi connectivity index (χ1v) is 8.80. The fourth-order valence-electron chi connectivity index (χ4n) is 2.50. The molecular weight excluding hydrogens is 326 g/mol. The lowest BCUT2D eigenvalue weighted by molar-refractivity contribution is -0.122. The minimum atomic E-state index is -0.191. The van der Waals surface area contributed by atoms with Crippen LogP contribution in [0.1, 0.15) is 39.7 Å². The molecule has 0 atom stereocenters. The van der Waals surface area contributed by atoms with Crippen LogP contribution in [0.3, 0.4) is 0 Å². The number of nitrogens with two attached hydrogens (primary N) is 1. The molecular formula is C20H27N5O. The fraction of sp³-hybridized carbons (Fsp3) is 0.350. The molecule has 1 aromatic carbocycles. The van der Waals surface area contributed by atoms with Gasteiger partial charge in [-0.05, 0) is 44.9 Å². The third kappa shape index (κ3) is 4.39. The number of anilines is 1. The molecule has 1 saturated heterocycles. The zero-order chi connectivity index (χ0) is 19.3. The summed E-state index contributed by atoms with van der Waals surface area (Å²) in [5, 5.41) is 3.12. The molecule has 26 heavy (non-hydrogen) atoms. The van der Waals surface area contributed by atoms with E-state index in [1.54, 1.807) is 4.90 Å². The van der Waals surface area contributed by atoms with Gasteiger partial charge in [0, 0.05) is 17.4 Å². The van der Waals surface area contributed by atoms with E-state index in [4.69, 9.17) is 5.73 Å². The third-order valence-corrected chi connectivity index (χ3v) is 4.02. The van der Waals surface area contributed by atoms with E-state index in [2.05, 4.69) is 21.9 Å². The van der Waals surface area contributed by atoms with Gasteiger partial charge >= 0.3 is 0 Å². The van der Waals surface area contributed by atoms with Gasteiger partial charge in [0.25, 0.3) is 5.91 Å². The maximum atomic E-state index is 13.0. The first-order valence-electron chi connectivity index (χ1n) is 8.80. The van der Waals surface area contributed by atoms with E-state index in [-0.39, 0.29) is 11.9 Å². The lowest BCUT2D eigenvalue weighted by Gasteiger charge is -2.34. The van der Waals surface area contributed by atoms with Crippen molar-refractivity contribution in [3.63, 3.8) is 0 Å². The van der Waals surface area contributed by atoms with Crippen LogP contribution in [0.5, 0.6) is 0 Å². The van der Waals surface area contributed by atoms with Crippen LogP contribution in [0.15, 0.2) is 58.3 Å². The minimum Gasteiger partial charge on any atom is -0.399 e. The molecule has 0 spiro atoms. The molecule has 1 heterocycles. The number of hydrogen-bond acceptors (Lipinski definition) is 4. The van der Waals surface area contributed by atoms with Crippen molar-refractivity contribution in [3.05, 3.63) is 53.9 Å². The van der Waals surface area contributed by atoms with Crippen LogP contribution < -0.4 is 11.1 Å². The van der Waals surface area contributed by atoms with Crippen molar-refractivity contribution in [1.29, 1.82) is 0 Å². The topological polar surface area (TPSA) is 83.1 Å².